The third-order valence-electron chi connectivity index (χ3n) is 2.82. The summed E-state index contributed by atoms with van der Waals surface area (Å²) in [6, 6.07) is 4.45. The summed E-state index contributed by atoms with van der Waals surface area (Å²) in [7, 11) is 0. The van der Waals surface area contributed by atoms with Crippen LogP contribution in [0.4, 0.5) is 10.1 Å². The molecule has 0 amide bonds. The normalized spacial score (nSPS) is 23.6. The van der Waals surface area contributed by atoms with E-state index in [4.69, 9.17) is 11.6 Å². The Labute approximate surface area is 110 Å². The minimum atomic E-state index is -0.317. The van der Waals surface area contributed by atoms with Gasteiger partial charge in [-0.3, -0.25) is 4.99 Å². The van der Waals surface area contributed by atoms with Gasteiger partial charge in [0.05, 0.1) is 11.2 Å². The average Bonchev–Trinajstić information content (AvgIpc) is 2.67. The van der Waals surface area contributed by atoms with E-state index >= 15 is 0 Å². The molecule has 1 aromatic carbocycles. The first-order chi connectivity index (χ1) is 8.02. The summed E-state index contributed by atoms with van der Waals surface area (Å²) in [5, 5.41) is 4.26. The second-order valence-corrected chi connectivity index (χ2v) is 5.71. The lowest BCUT2D eigenvalue weighted by molar-refractivity contribution is 0.522. The second kappa shape index (κ2) is 4.86. The Morgan fingerprint density at radius 3 is 3.00 bits per heavy atom. The van der Waals surface area contributed by atoms with Crippen LogP contribution in [-0.2, 0) is 0 Å². The summed E-state index contributed by atoms with van der Waals surface area (Å²) >= 11 is 7.44. The molecule has 1 heterocycles. The zero-order valence-electron chi connectivity index (χ0n) is 9.76. The van der Waals surface area contributed by atoms with Crippen LogP contribution in [-0.4, -0.2) is 16.5 Å². The zero-order valence-corrected chi connectivity index (χ0v) is 11.3. The first-order valence-corrected chi connectivity index (χ1v) is 6.83. The van der Waals surface area contributed by atoms with E-state index in [2.05, 4.69) is 24.2 Å². The molecule has 0 spiro atoms. The van der Waals surface area contributed by atoms with Crippen molar-refractivity contribution in [2.45, 2.75) is 25.8 Å². The highest BCUT2D eigenvalue weighted by Gasteiger charge is 2.29. The largest absolute Gasteiger partial charge is 0.333 e. The first kappa shape index (κ1) is 12.7. The minimum Gasteiger partial charge on any atom is -0.333 e. The third-order valence-corrected chi connectivity index (χ3v) is 4.29. The Balaban J connectivity index is 2.17. The highest BCUT2D eigenvalue weighted by atomic mass is 35.5. The molecular weight excluding hydrogens is 259 g/mol. The van der Waals surface area contributed by atoms with Gasteiger partial charge in [-0.25, -0.2) is 4.39 Å². The summed E-state index contributed by atoms with van der Waals surface area (Å²) in [4.78, 5) is 4.56. The van der Waals surface area contributed by atoms with Crippen molar-refractivity contribution in [2.75, 3.05) is 11.1 Å². The molecule has 0 saturated carbocycles. The number of nitrogens with one attached hydrogen (secondary N) is 1. The molecule has 1 aromatic rings. The smallest absolute Gasteiger partial charge is 0.161 e. The molecule has 2 rings (SSSR count). The van der Waals surface area contributed by atoms with Crippen LogP contribution in [0.5, 0.6) is 0 Å². The van der Waals surface area contributed by atoms with Gasteiger partial charge in [0.25, 0.3) is 0 Å². The lowest BCUT2D eigenvalue weighted by atomic mass is 10.0. The van der Waals surface area contributed by atoms with Crippen molar-refractivity contribution in [3.8, 4) is 0 Å². The molecule has 0 saturated heterocycles. The number of thioether (sulfide) groups is 1. The molecule has 1 atom stereocenters. The number of hydrogen-bond donors (Lipinski definition) is 1. The number of aliphatic imine (C=N–C) groups is 1. The molecule has 0 fully saturated rings. The van der Waals surface area contributed by atoms with E-state index in [0.717, 1.165) is 17.3 Å². The van der Waals surface area contributed by atoms with E-state index in [1.165, 1.54) is 12.1 Å². The van der Waals surface area contributed by atoms with Crippen molar-refractivity contribution in [1.82, 2.24) is 0 Å². The van der Waals surface area contributed by atoms with Gasteiger partial charge < -0.3 is 5.32 Å². The van der Waals surface area contributed by atoms with Crippen molar-refractivity contribution >= 4 is 34.2 Å². The van der Waals surface area contributed by atoms with E-state index in [9.17, 15) is 4.39 Å². The molecule has 1 aliphatic heterocycles. The van der Waals surface area contributed by atoms with Gasteiger partial charge in [-0.2, -0.15) is 0 Å². The number of hydrogen-bond acceptors (Lipinski definition) is 3. The van der Waals surface area contributed by atoms with Gasteiger partial charge in [-0.15, -0.1) is 0 Å². The number of benzene rings is 1. The Hall–Kier alpha value is -0.740. The molecule has 2 nitrogen and oxygen atoms in total. The maximum absolute atomic E-state index is 13.5. The summed E-state index contributed by atoms with van der Waals surface area (Å²) in [5.74, 6) is 0.608. The fourth-order valence-electron chi connectivity index (χ4n) is 1.49. The van der Waals surface area contributed by atoms with Gasteiger partial charge in [0.1, 0.15) is 5.82 Å². The maximum atomic E-state index is 13.5. The molecule has 1 aliphatic rings. The quantitative estimate of drug-likeness (QED) is 0.874. The minimum absolute atomic E-state index is 0.0396. The summed E-state index contributed by atoms with van der Waals surface area (Å²) < 4.78 is 13.5. The predicted molar refractivity (Wildman–Crippen MR) is 73.6 cm³/mol. The summed E-state index contributed by atoms with van der Waals surface area (Å²) in [6.07, 6.45) is 0.975. The van der Waals surface area contributed by atoms with Gasteiger partial charge >= 0.3 is 0 Å². The SMILES string of the molecule is CCC1(C)CSC(Nc2cc(Cl)ccc2F)=N1. The molecule has 92 valence electrons. The topological polar surface area (TPSA) is 24.4 Å². The Bertz CT molecular complexity index is 464. The molecule has 1 unspecified atom stereocenters. The van der Waals surface area contributed by atoms with E-state index < -0.39 is 0 Å². The van der Waals surface area contributed by atoms with E-state index in [1.807, 2.05) is 0 Å². The number of amidine groups is 1. The molecule has 0 aromatic heterocycles. The van der Waals surface area contributed by atoms with Crippen LogP contribution in [0.3, 0.4) is 0 Å². The Morgan fingerprint density at radius 1 is 1.59 bits per heavy atom. The van der Waals surface area contributed by atoms with Crippen LogP contribution in [0.15, 0.2) is 23.2 Å². The predicted octanol–water partition coefficient (Wildman–Crippen LogP) is 4.16. The molecule has 1 N–H and O–H groups in total. The second-order valence-electron chi connectivity index (χ2n) is 4.31. The molecular formula is C12H14ClFN2S. The van der Waals surface area contributed by atoms with E-state index in [1.54, 1.807) is 17.8 Å². The number of rotatable bonds is 2. The van der Waals surface area contributed by atoms with Gasteiger partial charge in [0.15, 0.2) is 5.17 Å². The van der Waals surface area contributed by atoms with Crippen LogP contribution in [0, 0.1) is 5.82 Å². The van der Waals surface area contributed by atoms with Crippen LogP contribution in [0.1, 0.15) is 20.3 Å². The van der Waals surface area contributed by atoms with Crippen LogP contribution < -0.4 is 5.32 Å². The highest BCUT2D eigenvalue weighted by Crippen LogP contribution is 2.31. The number of anilines is 1. The van der Waals surface area contributed by atoms with Gasteiger partial charge in [-0.1, -0.05) is 30.3 Å². The zero-order chi connectivity index (χ0) is 12.5. The van der Waals surface area contributed by atoms with Gasteiger partial charge in [0.2, 0.25) is 0 Å². The molecule has 0 bridgehead atoms. The Morgan fingerprint density at radius 2 is 2.35 bits per heavy atom. The van der Waals surface area contributed by atoms with Crippen LogP contribution >= 0.6 is 23.4 Å². The lowest BCUT2D eigenvalue weighted by Gasteiger charge is -2.15. The van der Waals surface area contributed by atoms with Crippen molar-refractivity contribution in [3.05, 3.63) is 29.0 Å². The number of halogens is 2. The molecule has 5 heteroatoms. The monoisotopic (exact) mass is 272 g/mol. The highest BCUT2D eigenvalue weighted by molar-refractivity contribution is 8.14. The lowest BCUT2D eigenvalue weighted by Crippen LogP contribution is -2.20. The van der Waals surface area contributed by atoms with E-state index in [0.29, 0.717) is 10.7 Å². The maximum Gasteiger partial charge on any atom is 0.161 e. The number of nitrogens with zero attached hydrogens (tertiary/aromatic N) is 1. The third kappa shape index (κ3) is 2.93. The fraction of sp³-hybridized carbons (Fsp3) is 0.417. The molecule has 0 aliphatic carbocycles. The first-order valence-electron chi connectivity index (χ1n) is 5.47. The average molecular weight is 273 g/mol. The van der Waals surface area contributed by atoms with Crippen molar-refractivity contribution < 1.29 is 4.39 Å². The molecule has 0 radical (unpaired) electrons. The van der Waals surface area contributed by atoms with E-state index in [-0.39, 0.29) is 11.4 Å². The fourth-order valence-corrected chi connectivity index (χ4v) is 2.84. The van der Waals surface area contributed by atoms with Crippen molar-refractivity contribution in [1.29, 1.82) is 0 Å². The Kier molecular flexibility index (Phi) is 3.64. The van der Waals surface area contributed by atoms with Crippen molar-refractivity contribution in [3.63, 3.8) is 0 Å². The molecule has 17 heavy (non-hydrogen) atoms. The van der Waals surface area contributed by atoms with Gasteiger partial charge in [-0.05, 0) is 31.5 Å². The van der Waals surface area contributed by atoms with Crippen LogP contribution in [0.25, 0.3) is 0 Å². The van der Waals surface area contributed by atoms with Crippen LogP contribution in [0.2, 0.25) is 5.02 Å². The summed E-state index contributed by atoms with van der Waals surface area (Å²) in [6.45, 7) is 4.20. The summed E-state index contributed by atoms with van der Waals surface area (Å²) in [5.41, 5.74) is 0.339. The van der Waals surface area contributed by atoms with Gasteiger partial charge in [0, 0.05) is 10.8 Å². The van der Waals surface area contributed by atoms with Crippen molar-refractivity contribution in [2.24, 2.45) is 4.99 Å². The standard InChI is InChI=1S/C12H14ClFN2S/c1-3-12(2)7-17-11(16-12)15-10-6-8(13)4-5-9(10)14/h4-6H,3,7H2,1-2H3,(H,15,16).